The first-order valence-corrected chi connectivity index (χ1v) is 10.8. The molecule has 1 atom stereocenters. The second-order valence-corrected chi connectivity index (χ2v) is 10.9. The Hall–Kier alpha value is -2.06. The smallest absolute Gasteiger partial charge is 0.408 e. The molecule has 1 rings (SSSR count). The second-order valence-electron chi connectivity index (χ2n) is 8.33. The van der Waals surface area contributed by atoms with E-state index >= 15 is 0 Å². The number of esters is 1. The van der Waals surface area contributed by atoms with E-state index in [1.165, 1.54) is 12.1 Å². The number of carbonyl (C=O) groups excluding carboxylic acids is 2. The number of carbonyl (C=O) groups is 2. The van der Waals surface area contributed by atoms with Gasteiger partial charge in [-0.05, 0) is 59.8 Å². The minimum absolute atomic E-state index is 0.00506. The van der Waals surface area contributed by atoms with Gasteiger partial charge in [0.1, 0.15) is 15.6 Å². The maximum atomic E-state index is 12.6. The van der Waals surface area contributed by atoms with Gasteiger partial charge in [0.15, 0.2) is 0 Å². The topological polar surface area (TPSA) is 98.8 Å². The summed E-state index contributed by atoms with van der Waals surface area (Å²) in [4.78, 5) is 24.3. The Morgan fingerprint density at radius 1 is 1.03 bits per heavy atom. The van der Waals surface area contributed by atoms with Crippen molar-refractivity contribution >= 4 is 33.5 Å². The van der Waals surface area contributed by atoms with Gasteiger partial charge in [-0.15, -0.1) is 0 Å². The molecule has 1 aromatic rings. The number of hydrogen-bond acceptors (Lipinski definition) is 6. The monoisotopic (exact) mass is 445 g/mol. The van der Waals surface area contributed by atoms with Crippen LogP contribution in [-0.4, -0.2) is 37.7 Å². The zero-order chi connectivity index (χ0) is 22.5. The number of benzene rings is 1. The number of halogens is 1. The number of sulfone groups is 1. The highest BCUT2D eigenvalue weighted by molar-refractivity contribution is 7.96. The average molecular weight is 446 g/mol. The van der Waals surface area contributed by atoms with E-state index in [-0.39, 0.29) is 11.3 Å². The molecule has 162 valence electrons. The molecule has 0 aliphatic rings. The van der Waals surface area contributed by atoms with Crippen LogP contribution in [0, 0.1) is 0 Å². The van der Waals surface area contributed by atoms with E-state index in [0.717, 1.165) is 6.08 Å². The molecular weight excluding hydrogens is 418 g/mol. The summed E-state index contributed by atoms with van der Waals surface area (Å²) in [6, 6.07) is 6.55. The zero-order valence-electron chi connectivity index (χ0n) is 17.5. The normalized spacial score (nSPS) is 14.1. The van der Waals surface area contributed by atoms with Gasteiger partial charge in [0, 0.05) is 0 Å². The van der Waals surface area contributed by atoms with Gasteiger partial charge >= 0.3 is 12.1 Å². The second kappa shape index (κ2) is 9.63. The molecule has 0 heterocycles. The first-order valence-electron chi connectivity index (χ1n) is 8.99. The van der Waals surface area contributed by atoms with Crippen molar-refractivity contribution in [3.05, 3.63) is 40.8 Å². The SMILES string of the molecule is CC(C)(C)OC(=O)C[C@@H](/C=C(\Cl)S(=O)(=O)c1ccccc1)NC(=O)OC(C)(C)C. The van der Waals surface area contributed by atoms with Gasteiger partial charge in [0.25, 0.3) is 0 Å². The van der Waals surface area contributed by atoms with Crippen LogP contribution in [0.1, 0.15) is 48.0 Å². The third-order valence-electron chi connectivity index (χ3n) is 3.15. The Kier molecular flexibility index (Phi) is 8.29. The quantitative estimate of drug-likeness (QED) is 0.660. The zero-order valence-corrected chi connectivity index (χ0v) is 19.1. The fourth-order valence-electron chi connectivity index (χ4n) is 2.13. The molecule has 9 heteroatoms. The Labute approximate surface area is 177 Å². The standard InChI is InChI=1S/C20H28ClNO6S/c1-19(2,3)27-17(23)13-14(22-18(24)28-20(4,5)6)12-16(21)29(25,26)15-10-8-7-9-11-15/h7-12,14H,13H2,1-6H3,(H,22,24)/b16-12+/t14-/m1/s1. The van der Waals surface area contributed by atoms with E-state index in [9.17, 15) is 18.0 Å². The van der Waals surface area contributed by atoms with Gasteiger partial charge in [-0.25, -0.2) is 13.2 Å². The first-order chi connectivity index (χ1) is 13.1. The lowest BCUT2D eigenvalue weighted by atomic mass is 10.1. The molecule has 0 aromatic heterocycles. The molecule has 0 aliphatic heterocycles. The minimum atomic E-state index is -3.99. The van der Waals surface area contributed by atoms with Gasteiger partial charge in [0.2, 0.25) is 9.84 Å². The summed E-state index contributed by atoms with van der Waals surface area (Å²) < 4.78 is 35.2. The number of hydrogen-bond donors (Lipinski definition) is 1. The number of amides is 1. The van der Waals surface area contributed by atoms with Gasteiger partial charge in [-0.3, -0.25) is 4.79 Å². The molecule has 0 radical (unpaired) electrons. The highest BCUT2D eigenvalue weighted by Crippen LogP contribution is 2.23. The maximum absolute atomic E-state index is 12.6. The van der Waals surface area contributed by atoms with Crippen molar-refractivity contribution in [3.63, 3.8) is 0 Å². The average Bonchev–Trinajstić information content (AvgIpc) is 2.51. The third-order valence-corrected chi connectivity index (χ3v) is 5.43. The molecule has 1 amide bonds. The van der Waals surface area contributed by atoms with E-state index in [4.69, 9.17) is 21.1 Å². The highest BCUT2D eigenvalue weighted by Gasteiger charge is 2.26. The molecule has 0 saturated heterocycles. The van der Waals surface area contributed by atoms with E-state index in [1.807, 2.05) is 0 Å². The van der Waals surface area contributed by atoms with Gasteiger partial charge in [-0.2, -0.15) is 0 Å². The molecular formula is C20H28ClNO6S. The van der Waals surface area contributed by atoms with Crippen molar-refractivity contribution in [1.29, 1.82) is 0 Å². The largest absolute Gasteiger partial charge is 0.460 e. The number of nitrogens with one attached hydrogen (secondary N) is 1. The van der Waals surface area contributed by atoms with Crippen LogP contribution in [0.15, 0.2) is 45.7 Å². The number of rotatable bonds is 6. The molecule has 0 fully saturated rings. The van der Waals surface area contributed by atoms with Crippen LogP contribution in [0.4, 0.5) is 4.79 Å². The Morgan fingerprint density at radius 3 is 2.03 bits per heavy atom. The molecule has 1 N–H and O–H groups in total. The van der Waals surface area contributed by atoms with E-state index in [0.29, 0.717) is 0 Å². The summed E-state index contributed by atoms with van der Waals surface area (Å²) in [5, 5.41) is 2.46. The molecule has 29 heavy (non-hydrogen) atoms. The summed E-state index contributed by atoms with van der Waals surface area (Å²) in [5.74, 6) is -0.628. The molecule has 0 unspecified atom stereocenters. The molecule has 0 bridgehead atoms. The van der Waals surface area contributed by atoms with Crippen LogP contribution < -0.4 is 5.32 Å². The van der Waals surface area contributed by atoms with Crippen molar-refractivity contribution in [2.24, 2.45) is 0 Å². The summed E-state index contributed by atoms with van der Waals surface area (Å²) in [7, 11) is -3.99. The molecule has 0 aliphatic carbocycles. The van der Waals surface area contributed by atoms with Crippen molar-refractivity contribution in [1.82, 2.24) is 5.32 Å². The Morgan fingerprint density at radius 2 is 1.55 bits per heavy atom. The fraction of sp³-hybridized carbons (Fsp3) is 0.500. The third kappa shape index (κ3) is 9.32. The number of alkyl carbamates (subject to hydrolysis) is 1. The molecule has 0 saturated carbocycles. The number of ether oxygens (including phenoxy) is 2. The van der Waals surface area contributed by atoms with Gasteiger partial charge < -0.3 is 14.8 Å². The summed E-state index contributed by atoms with van der Waals surface area (Å²) in [5.41, 5.74) is -1.51. The molecule has 1 aromatic carbocycles. The lowest BCUT2D eigenvalue weighted by Gasteiger charge is -2.24. The summed E-state index contributed by atoms with van der Waals surface area (Å²) in [6.45, 7) is 10.1. The Balaban J connectivity index is 3.13. The van der Waals surface area contributed by atoms with Crippen molar-refractivity contribution in [3.8, 4) is 0 Å². The minimum Gasteiger partial charge on any atom is -0.460 e. The van der Waals surface area contributed by atoms with Crippen LogP contribution in [0.3, 0.4) is 0 Å². The molecule has 7 nitrogen and oxygen atoms in total. The van der Waals surface area contributed by atoms with Crippen LogP contribution in [0.5, 0.6) is 0 Å². The van der Waals surface area contributed by atoms with Crippen molar-refractivity contribution in [2.45, 2.75) is 70.1 Å². The van der Waals surface area contributed by atoms with Crippen molar-refractivity contribution in [2.75, 3.05) is 0 Å². The first kappa shape index (κ1) is 25.0. The van der Waals surface area contributed by atoms with E-state index < -0.39 is 43.5 Å². The summed E-state index contributed by atoms with van der Waals surface area (Å²) >= 11 is 6.06. The lowest BCUT2D eigenvalue weighted by molar-refractivity contribution is -0.155. The molecule has 0 spiro atoms. The lowest BCUT2D eigenvalue weighted by Crippen LogP contribution is -2.40. The van der Waals surface area contributed by atoms with Crippen LogP contribution in [0.2, 0.25) is 0 Å². The van der Waals surface area contributed by atoms with E-state index in [1.54, 1.807) is 59.7 Å². The highest BCUT2D eigenvalue weighted by atomic mass is 35.5. The van der Waals surface area contributed by atoms with E-state index in [2.05, 4.69) is 5.32 Å². The van der Waals surface area contributed by atoms with Crippen LogP contribution >= 0.6 is 11.6 Å². The predicted molar refractivity (Wildman–Crippen MR) is 111 cm³/mol. The maximum Gasteiger partial charge on any atom is 0.408 e. The van der Waals surface area contributed by atoms with Crippen LogP contribution in [0.25, 0.3) is 0 Å². The fourth-order valence-corrected chi connectivity index (χ4v) is 3.64. The van der Waals surface area contributed by atoms with Crippen LogP contribution in [-0.2, 0) is 24.1 Å². The van der Waals surface area contributed by atoms with Gasteiger partial charge in [0.05, 0.1) is 17.4 Å². The summed E-state index contributed by atoms with van der Waals surface area (Å²) in [6.07, 6.45) is -0.0433. The van der Waals surface area contributed by atoms with Gasteiger partial charge in [-0.1, -0.05) is 29.8 Å². The predicted octanol–water partition coefficient (Wildman–Crippen LogP) is 4.17. The Bertz CT molecular complexity index is 821. The van der Waals surface area contributed by atoms with Crippen molar-refractivity contribution < 1.29 is 27.5 Å².